The lowest BCUT2D eigenvalue weighted by Gasteiger charge is -2.10. The van der Waals surface area contributed by atoms with E-state index in [2.05, 4.69) is 5.32 Å². The van der Waals surface area contributed by atoms with Crippen LogP contribution in [0.1, 0.15) is 20.3 Å². The van der Waals surface area contributed by atoms with E-state index in [1.165, 1.54) is 0 Å². The molecule has 0 bridgehead atoms. The Morgan fingerprint density at radius 2 is 2.33 bits per heavy atom. The molecule has 2 N–H and O–H groups in total. The van der Waals surface area contributed by atoms with Gasteiger partial charge in [-0.3, -0.25) is 4.79 Å². The molecule has 0 aliphatic heterocycles. The van der Waals surface area contributed by atoms with Crippen molar-refractivity contribution < 1.29 is 14.6 Å². The molecule has 0 spiro atoms. The van der Waals surface area contributed by atoms with Crippen LogP contribution < -0.4 is 5.32 Å². The van der Waals surface area contributed by atoms with Crippen LogP contribution in [0.15, 0.2) is 0 Å². The monoisotopic (exact) mass is 175 g/mol. The first kappa shape index (κ1) is 11.4. The highest BCUT2D eigenvalue weighted by Crippen LogP contribution is 1.94. The molecule has 12 heavy (non-hydrogen) atoms. The maximum absolute atomic E-state index is 10.9. The number of hydrogen-bond acceptors (Lipinski definition) is 4. The van der Waals surface area contributed by atoms with Gasteiger partial charge in [0.15, 0.2) is 0 Å². The standard InChI is InChI=1S/C8H17NO3/c1-3-7(2)12-8(11)6-9-4-5-10/h7,9-10H,3-6H2,1-2H3. The van der Waals surface area contributed by atoms with E-state index in [-0.39, 0.29) is 25.2 Å². The van der Waals surface area contributed by atoms with E-state index >= 15 is 0 Å². The predicted octanol–water partition coefficient (Wildman–Crippen LogP) is -0.0900. The fourth-order valence-corrected chi connectivity index (χ4v) is 0.619. The summed E-state index contributed by atoms with van der Waals surface area (Å²) in [6.07, 6.45) is 0.805. The second kappa shape index (κ2) is 7.06. The van der Waals surface area contributed by atoms with E-state index in [1.807, 2.05) is 13.8 Å². The van der Waals surface area contributed by atoms with Crippen LogP contribution in [0, 0.1) is 0 Å². The number of hydrogen-bond donors (Lipinski definition) is 2. The van der Waals surface area contributed by atoms with E-state index in [4.69, 9.17) is 9.84 Å². The molecule has 0 aliphatic carbocycles. The minimum atomic E-state index is -0.266. The minimum absolute atomic E-state index is 0.0200. The van der Waals surface area contributed by atoms with Crippen molar-refractivity contribution in [3.8, 4) is 0 Å². The van der Waals surface area contributed by atoms with E-state index in [0.29, 0.717) is 6.54 Å². The Kier molecular flexibility index (Phi) is 6.70. The van der Waals surface area contributed by atoms with Crippen LogP contribution in [0.2, 0.25) is 0 Å². The minimum Gasteiger partial charge on any atom is -0.462 e. The van der Waals surface area contributed by atoms with Gasteiger partial charge in [0.1, 0.15) is 0 Å². The van der Waals surface area contributed by atoms with E-state index in [0.717, 1.165) is 6.42 Å². The SMILES string of the molecule is CCC(C)OC(=O)CNCCO. The van der Waals surface area contributed by atoms with Crippen molar-refractivity contribution in [2.45, 2.75) is 26.4 Å². The fraction of sp³-hybridized carbons (Fsp3) is 0.875. The molecule has 1 unspecified atom stereocenters. The van der Waals surface area contributed by atoms with Crippen molar-refractivity contribution in [2.75, 3.05) is 19.7 Å². The summed E-state index contributed by atoms with van der Waals surface area (Å²) in [5.74, 6) is -0.266. The molecule has 0 aliphatic rings. The number of carbonyl (C=O) groups excluding carboxylic acids is 1. The molecule has 0 aromatic rings. The van der Waals surface area contributed by atoms with Crippen LogP contribution in [0.5, 0.6) is 0 Å². The number of aliphatic hydroxyl groups excluding tert-OH is 1. The molecule has 0 saturated heterocycles. The Morgan fingerprint density at radius 1 is 1.67 bits per heavy atom. The van der Waals surface area contributed by atoms with Crippen LogP contribution in [0.3, 0.4) is 0 Å². The van der Waals surface area contributed by atoms with Crippen molar-refractivity contribution in [1.29, 1.82) is 0 Å². The zero-order valence-electron chi connectivity index (χ0n) is 7.67. The van der Waals surface area contributed by atoms with Gasteiger partial charge in [0, 0.05) is 6.54 Å². The van der Waals surface area contributed by atoms with E-state index in [9.17, 15) is 4.79 Å². The van der Waals surface area contributed by atoms with Crippen molar-refractivity contribution in [1.82, 2.24) is 5.32 Å². The summed E-state index contributed by atoms with van der Waals surface area (Å²) in [5, 5.41) is 11.1. The van der Waals surface area contributed by atoms with Crippen molar-refractivity contribution in [2.24, 2.45) is 0 Å². The second-order valence-electron chi connectivity index (χ2n) is 2.61. The molecule has 1 atom stereocenters. The maximum Gasteiger partial charge on any atom is 0.320 e. The Bertz CT molecular complexity index is 127. The first-order valence-electron chi connectivity index (χ1n) is 4.21. The summed E-state index contributed by atoms with van der Waals surface area (Å²) in [5.41, 5.74) is 0. The first-order chi connectivity index (χ1) is 5.70. The fourth-order valence-electron chi connectivity index (χ4n) is 0.619. The maximum atomic E-state index is 10.9. The third-order valence-corrected chi connectivity index (χ3v) is 1.47. The number of esters is 1. The number of nitrogens with one attached hydrogen (secondary N) is 1. The Hall–Kier alpha value is -0.610. The van der Waals surface area contributed by atoms with Gasteiger partial charge in [0.05, 0.1) is 19.3 Å². The van der Waals surface area contributed by atoms with Gasteiger partial charge in [-0.05, 0) is 13.3 Å². The van der Waals surface area contributed by atoms with Crippen LogP contribution >= 0.6 is 0 Å². The molecule has 0 amide bonds. The Labute approximate surface area is 72.9 Å². The van der Waals surface area contributed by atoms with Gasteiger partial charge in [0.2, 0.25) is 0 Å². The molecule has 0 radical (unpaired) electrons. The zero-order chi connectivity index (χ0) is 9.40. The first-order valence-corrected chi connectivity index (χ1v) is 4.21. The average Bonchev–Trinajstić information content (AvgIpc) is 2.05. The molecule has 4 nitrogen and oxygen atoms in total. The van der Waals surface area contributed by atoms with Gasteiger partial charge in [-0.1, -0.05) is 6.92 Å². The number of aliphatic hydroxyl groups is 1. The van der Waals surface area contributed by atoms with Gasteiger partial charge >= 0.3 is 5.97 Å². The number of ether oxygens (including phenoxy) is 1. The quantitative estimate of drug-likeness (QED) is 0.437. The zero-order valence-corrected chi connectivity index (χ0v) is 7.67. The van der Waals surface area contributed by atoms with Crippen LogP contribution in [0.4, 0.5) is 0 Å². The molecular formula is C8H17NO3. The molecule has 0 aromatic heterocycles. The van der Waals surface area contributed by atoms with Gasteiger partial charge in [-0.2, -0.15) is 0 Å². The summed E-state index contributed by atoms with van der Waals surface area (Å²) >= 11 is 0. The smallest absolute Gasteiger partial charge is 0.320 e. The second-order valence-corrected chi connectivity index (χ2v) is 2.61. The molecule has 4 heteroatoms. The van der Waals surface area contributed by atoms with Gasteiger partial charge in [-0.25, -0.2) is 0 Å². The summed E-state index contributed by atoms with van der Waals surface area (Å²) in [6.45, 7) is 4.44. The topological polar surface area (TPSA) is 58.6 Å². The third-order valence-electron chi connectivity index (χ3n) is 1.47. The third kappa shape index (κ3) is 6.12. The van der Waals surface area contributed by atoms with Gasteiger partial charge in [-0.15, -0.1) is 0 Å². The largest absolute Gasteiger partial charge is 0.462 e. The van der Waals surface area contributed by atoms with Crippen molar-refractivity contribution in [3.63, 3.8) is 0 Å². The highest BCUT2D eigenvalue weighted by Gasteiger charge is 2.05. The molecule has 72 valence electrons. The van der Waals surface area contributed by atoms with E-state index in [1.54, 1.807) is 0 Å². The molecule has 0 fully saturated rings. The molecular weight excluding hydrogens is 158 g/mol. The number of carbonyl (C=O) groups is 1. The van der Waals surface area contributed by atoms with Crippen LogP contribution in [0.25, 0.3) is 0 Å². The number of rotatable bonds is 6. The normalized spacial score (nSPS) is 12.6. The Morgan fingerprint density at radius 3 is 2.83 bits per heavy atom. The average molecular weight is 175 g/mol. The molecule has 0 aromatic carbocycles. The lowest BCUT2D eigenvalue weighted by Crippen LogP contribution is -2.29. The van der Waals surface area contributed by atoms with Gasteiger partial charge in [0.25, 0.3) is 0 Å². The van der Waals surface area contributed by atoms with Crippen LogP contribution in [-0.4, -0.2) is 36.9 Å². The molecule has 0 rings (SSSR count). The summed E-state index contributed by atoms with van der Waals surface area (Å²) < 4.78 is 4.96. The van der Waals surface area contributed by atoms with Gasteiger partial charge < -0.3 is 15.2 Å². The molecule has 0 heterocycles. The lowest BCUT2D eigenvalue weighted by atomic mass is 10.3. The predicted molar refractivity (Wildman–Crippen MR) is 45.8 cm³/mol. The van der Waals surface area contributed by atoms with E-state index < -0.39 is 0 Å². The highest BCUT2D eigenvalue weighted by molar-refractivity contribution is 5.71. The Balaban J connectivity index is 3.33. The summed E-state index contributed by atoms with van der Waals surface area (Å²) in [6, 6.07) is 0. The highest BCUT2D eigenvalue weighted by atomic mass is 16.5. The van der Waals surface area contributed by atoms with Crippen molar-refractivity contribution in [3.05, 3.63) is 0 Å². The lowest BCUT2D eigenvalue weighted by molar-refractivity contribution is -0.147. The summed E-state index contributed by atoms with van der Waals surface area (Å²) in [7, 11) is 0. The summed E-state index contributed by atoms with van der Waals surface area (Å²) in [4.78, 5) is 10.9. The van der Waals surface area contributed by atoms with Crippen molar-refractivity contribution >= 4 is 5.97 Å². The molecule has 0 saturated carbocycles. The van der Waals surface area contributed by atoms with Crippen LogP contribution in [-0.2, 0) is 9.53 Å².